The molecule has 19 heavy (non-hydrogen) atoms. The van der Waals surface area contributed by atoms with Crippen molar-refractivity contribution in [3.8, 4) is 0 Å². The molecule has 1 aromatic heterocycles. The Bertz CT molecular complexity index is 470. The van der Waals surface area contributed by atoms with Gasteiger partial charge in [-0.3, -0.25) is 4.79 Å². The van der Waals surface area contributed by atoms with E-state index in [9.17, 15) is 4.79 Å². The lowest BCUT2D eigenvalue weighted by molar-refractivity contribution is -0.125. The van der Waals surface area contributed by atoms with Gasteiger partial charge in [-0.15, -0.1) is 0 Å². The van der Waals surface area contributed by atoms with Crippen LogP contribution in [0.5, 0.6) is 0 Å². The molecule has 0 saturated heterocycles. The summed E-state index contributed by atoms with van der Waals surface area (Å²) in [7, 11) is 0. The van der Waals surface area contributed by atoms with Crippen molar-refractivity contribution in [2.75, 3.05) is 17.6 Å². The van der Waals surface area contributed by atoms with Crippen LogP contribution >= 0.6 is 0 Å². The Morgan fingerprint density at radius 2 is 2.00 bits per heavy atom. The SMILES string of the molecule is CCCc1nc(N)c(C)c(NCC(C)(C)C(N)=O)n1. The van der Waals surface area contributed by atoms with Crippen molar-refractivity contribution < 1.29 is 4.79 Å². The predicted molar refractivity (Wildman–Crippen MR) is 76.6 cm³/mol. The Hall–Kier alpha value is -1.85. The molecule has 0 bridgehead atoms. The van der Waals surface area contributed by atoms with E-state index in [1.807, 2.05) is 6.92 Å². The van der Waals surface area contributed by atoms with Crippen LogP contribution in [0.4, 0.5) is 11.6 Å². The average molecular weight is 265 g/mol. The zero-order valence-electron chi connectivity index (χ0n) is 12.1. The Morgan fingerprint density at radius 3 is 2.53 bits per heavy atom. The number of rotatable bonds is 6. The van der Waals surface area contributed by atoms with Crippen LogP contribution < -0.4 is 16.8 Å². The van der Waals surface area contributed by atoms with E-state index in [0.717, 1.165) is 18.4 Å². The maximum absolute atomic E-state index is 11.3. The number of amides is 1. The van der Waals surface area contributed by atoms with E-state index in [0.29, 0.717) is 24.0 Å². The Balaban J connectivity index is 2.91. The summed E-state index contributed by atoms with van der Waals surface area (Å²) >= 11 is 0. The molecule has 1 amide bonds. The molecule has 0 radical (unpaired) electrons. The summed E-state index contributed by atoms with van der Waals surface area (Å²) in [5.74, 6) is 1.50. The highest BCUT2D eigenvalue weighted by Crippen LogP contribution is 2.21. The van der Waals surface area contributed by atoms with Crippen molar-refractivity contribution >= 4 is 17.5 Å². The molecule has 0 aliphatic rings. The third-order valence-electron chi connectivity index (χ3n) is 3.07. The first kappa shape index (κ1) is 15.2. The molecule has 1 aromatic rings. The third-order valence-corrected chi connectivity index (χ3v) is 3.07. The summed E-state index contributed by atoms with van der Waals surface area (Å²) in [5, 5.41) is 3.14. The first-order valence-electron chi connectivity index (χ1n) is 6.44. The van der Waals surface area contributed by atoms with Crippen LogP contribution in [0.2, 0.25) is 0 Å². The fourth-order valence-corrected chi connectivity index (χ4v) is 1.48. The van der Waals surface area contributed by atoms with Gasteiger partial charge in [-0.25, -0.2) is 9.97 Å². The zero-order chi connectivity index (χ0) is 14.6. The number of carbonyl (C=O) groups is 1. The summed E-state index contributed by atoms with van der Waals surface area (Å²) in [5.41, 5.74) is 11.4. The number of aromatic nitrogens is 2. The van der Waals surface area contributed by atoms with Crippen LogP contribution in [0.3, 0.4) is 0 Å². The van der Waals surface area contributed by atoms with Gasteiger partial charge in [0, 0.05) is 18.5 Å². The predicted octanol–water partition coefficient (Wildman–Crippen LogP) is 1.24. The quantitative estimate of drug-likeness (QED) is 0.717. The number of hydrogen-bond acceptors (Lipinski definition) is 5. The topological polar surface area (TPSA) is 107 Å². The summed E-state index contributed by atoms with van der Waals surface area (Å²) in [6, 6.07) is 0. The Labute approximate surface area is 114 Å². The Kier molecular flexibility index (Phi) is 4.69. The average Bonchev–Trinajstić information content (AvgIpc) is 2.32. The lowest BCUT2D eigenvalue weighted by atomic mass is 9.93. The van der Waals surface area contributed by atoms with Gasteiger partial charge in [-0.1, -0.05) is 6.92 Å². The van der Waals surface area contributed by atoms with Gasteiger partial charge in [-0.2, -0.15) is 0 Å². The second-order valence-corrected chi connectivity index (χ2v) is 5.35. The van der Waals surface area contributed by atoms with E-state index >= 15 is 0 Å². The molecule has 6 nitrogen and oxygen atoms in total. The van der Waals surface area contributed by atoms with E-state index in [1.165, 1.54) is 0 Å². The molecule has 5 N–H and O–H groups in total. The van der Waals surface area contributed by atoms with Gasteiger partial charge < -0.3 is 16.8 Å². The number of primary amides is 1. The summed E-state index contributed by atoms with van der Waals surface area (Å²) in [4.78, 5) is 20.0. The molecule has 0 fully saturated rings. The molecule has 0 atom stereocenters. The number of carbonyl (C=O) groups excluding carboxylic acids is 1. The van der Waals surface area contributed by atoms with E-state index < -0.39 is 5.41 Å². The molecule has 1 rings (SSSR count). The van der Waals surface area contributed by atoms with Gasteiger partial charge in [-0.05, 0) is 27.2 Å². The molecule has 0 aliphatic heterocycles. The third kappa shape index (κ3) is 3.81. The lowest BCUT2D eigenvalue weighted by Crippen LogP contribution is -2.37. The first-order valence-corrected chi connectivity index (χ1v) is 6.44. The van der Waals surface area contributed by atoms with Gasteiger partial charge in [0.2, 0.25) is 5.91 Å². The fourth-order valence-electron chi connectivity index (χ4n) is 1.48. The van der Waals surface area contributed by atoms with Crippen molar-refractivity contribution in [2.45, 2.75) is 40.5 Å². The smallest absolute Gasteiger partial charge is 0.224 e. The second kappa shape index (κ2) is 5.86. The molecular formula is C13H23N5O. The number of aryl methyl sites for hydroxylation is 1. The summed E-state index contributed by atoms with van der Waals surface area (Å²) in [6.07, 6.45) is 1.73. The minimum absolute atomic E-state index is 0.353. The van der Waals surface area contributed by atoms with E-state index in [1.54, 1.807) is 13.8 Å². The number of nitrogen functional groups attached to an aromatic ring is 1. The molecule has 0 saturated carbocycles. The summed E-state index contributed by atoms with van der Waals surface area (Å²) in [6.45, 7) is 7.89. The molecule has 0 unspecified atom stereocenters. The van der Waals surface area contributed by atoms with Gasteiger partial charge in [0.1, 0.15) is 17.5 Å². The van der Waals surface area contributed by atoms with Crippen molar-refractivity contribution in [3.05, 3.63) is 11.4 Å². The molecule has 6 heteroatoms. The molecule has 0 aromatic carbocycles. The van der Waals surface area contributed by atoms with Crippen LogP contribution in [-0.2, 0) is 11.2 Å². The zero-order valence-corrected chi connectivity index (χ0v) is 12.1. The standard InChI is InChI=1S/C13H23N5O/c1-5-6-9-17-10(14)8(2)11(18-9)16-7-13(3,4)12(15)19/h5-7H2,1-4H3,(H2,15,19)(H3,14,16,17,18). The number of nitrogens with two attached hydrogens (primary N) is 2. The number of nitrogens with one attached hydrogen (secondary N) is 1. The molecule has 1 heterocycles. The van der Waals surface area contributed by atoms with Crippen molar-refractivity contribution in [3.63, 3.8) is 0 Å². The molecule has 0 spiro atoms. The van der Waals surface area contributed by atoms with Crippen molar-refractivity contribution in [2.24, 2.45) is 11.1 Å². The monoisotopic (exact) mass is 265 g/mol. The fraction of sp³-hybridized carbons (Fsp3) is 0.615. The van der Waals surface area contributed by atoms with Crippen molar-refractivity contribution in [1.82, 2.24) is 9.97 Å². The number of hydrogen-bond donors (Lipinski definition) is 3. The highest BCUT2D eigenvalue weighted by atomic mass is 16.1. The highest BCUT2D eigenvalue weighted by Gasteiger charge is 2.25. The van der Waals surface area contributed by atoms with E-state index in [4.69, 9.17) is 11.5 Å². The normalized spacial score (nSPS) is 11.4. The second-order valence-electron chi connectivity index (χ2n) is 5.35. The molecule has 106 valence electrons. The molecular weight excluding hydrogens is 242 g/mol. The van der Waals surface area contributed by atoms with Gasteiger partial charge >= 0.3 is 0 Å². The van der Waals surface area contributed by atoms with Gasteiger partial charge in [0.25, 0.3) is 0 Å². The van der Waals surface area contributed by atoms with Crippen LogP contribution in [0.1, 0.15) is 38.6 Å². The van der Waals surface area contributed by atoms with Gasteiger partial charge in [0.05, 0.1) is 5.41 Å². The van der Waals surface area contributed by atoms with Gasteiger partial charge in [0.15, 0.2) is 0 Å². The maximum atomic E-state index is 11.3. The molecule has 0 aliphatic carbocycles. The lowest BCUT2D eigenvalue weighted by Gasteiger charge is -2.22. The van der Waals surface area contributed by atoms with Crippen molar-refractivity contribution in [1.29, 1.82) is 0 Å². The van der Waals surface area contributed by atoms with Crippen LogP contribution in [-0.4, -0.2) is 22.4 Å². The highest BCUT2D eigenvalue weighted by molar-refractivity contribution is 5.80. The maximum Gasteiger partial charge on any atom is 0.224 e. The van der Waals surface area contributed by atoms with Crippen LogP contribution in [0, 0.1) is 12.3 Å². The Morgan fingerprint density at radius 1 is 1.37 bits per heavy atom. The minimum Gasteiger partial charge on any atom is -0.383 e. The first-order chi connectivity index (χ1) is 8.77. The number of nitrogens with zero attached hydrogens (tertiary/aromatic N) is 2. The van der Waals surface area contributed by atoms with Crippen LogP contribution in [0.25, 0.3) is 0 Å². The van der Waals surface area contributed by atoms with E-state index in [-0.39, 0.29) is 5.91 Å². The van der Waals surface area contributed by atoms with E-state index in [2.05, 4.69) is 22.2 Å². The minimum atomic E-state index is -0.642. The van der Waals surface area contributed by atoms with Crippen LogP contribution in [0.15, 0.2) is 0 Å². The largest absolute Gasteiger partial charge is 0.383 e. The summed E-state index contributed by atoms with van der Waals surface area (Å²) < 4.78 is 0. The number of anilines is 2.